The molecular formula is C15H30N2. The maximum Gasteiger partial charge on any atom is 0.0192 e. The Bertz CT molecular complexity index is 229. The number of nitrogens with zero attached hydrogens (tertiary/aromatic N) is 1. The summed E-state index contributed by atoms with van der Waals surface area (Å²) in [6.07, 6.45) is 7.36. The van der Waals surface area contributed by atoms with E-state index in [9.17, 15) is 0 Å². The lowest BCUT2D eigenvalue weighted by atomic mass is 9.88. The van der Waals surface area contributed by atoms with Gasteiger partial charge in [0.05, 0.1) is 0 Å². The highest BCUT2D eigenvalue weighted by molar-refractivity contribution is 4.91. The number of nitrogens with one attached hydrogen (secondary N) is 1. The molecule has 0 amide bonds. The van der Waals surface area contributed by atoms with Gasteiger partial charge in [-0.25, -0.2) is 0 Å². The Hall–Kier alpha value is -0.0800. The molecule has 0 aromatic heterocycles. The Morgan fingerprint density at radius 2 is 2.06 bits per heavy atom. The zero-order valence-corrected chi connectivity index (χ0v) is 11.9. The smallest absolute Gasteiger partial charge is 0.0192 e. The van der Waals surface area contributed by atoms with Crippen molar-refractivity contribution >= 4 is 0 Å². The van der Waals surface area contributed by atoms with Crippen LogP contribution in [0.15, 0.2) is 0 Å². The summed E-state index contributed by atoms with van der Waals surface area (Å²) in [6.45, 7) is 8.15. The van der Waals surface area contributed by atoms with Gasteiger partial charge in [0.25, 0.3) is 0 Å². The van der Waals surface area contributed by atoms with Crippen LogP contribution in [0.5, 0.6) is 0 Å². The van der Waals surface area contributed by atoms with Gasteiger partial charge in [-0.2, -0.15) is 0 Å². The van der Waals surface area contributed by atoms with Crippen molar-refractivity contribution in [3.05, 3.63) is 0 Å². The van der Waals surface area contributed by atoms with Gasteiger partial charge < -0.3 is 10.2 Å². The van der Waals surface area contributed by atoms with E-state index in [4.69, 9.17) is 0 Å². The van der Waals surface area contributed by atoms with Gasteiger partial charge in [0.2, 0.25) is 0 Å². The molecule has 4 unspecified atom stereocenters. The Kier molecular flexibility index (Phi) is 4.87. The molecule has 2 fully saturated rings. The van der Waals surface area contributed by atoms with E-state index in [0.29, 0.717) is 6.04 Å². The predicted molar refractivity (Wildman–Crippen MR) is 74.2 cm³/mol. The van der Waals surface area contributed by atoms with Gasteiger partial charge in [-0.1, -0.05) is 20.3 Å². The molecule has 0 radical (unpaired) electrons. The van der Waals surface area contributed by atoms with E-state index in [1.807, 2.05) is 0 Å². The van der Waals surface area contributed by atoms with Gasteiger partial charge in [-0.05, 0) is 57.0 Å². The highest BCUT2D eigenvalue weighted by atomic mass is 15.1. The third kappa shape index (κ3) is 3.45. The number of rotatable bonds is 7. The number of fused-ring (bicyclic) bond motifs is 2. The van der Waals surface area contributed by atoms with Crippen LogP contribution in [0.2, 0.25) is 0 Å². The van der Waals surface area contributed by atoms with Crippen LogP contribution in [0, 0.1) is 17.8 Å². The topological polar surface area (TPSA) is 15.3 Å². The van der Waals surface area contributed by atoms with Crippen LogP contribution >= 0.6 is 0 Å². The maximum absolute atomic E-state index is 3.58. The summed E-state index contributed by atoms with van der Waals surface area (Å²) in [7, 11) is 2.31. The van der Waals surface area contributed by atoms with E-state index in [-0.39, 0.29) is 0 Å². The van der Waals surface area contributed by atoms with Gasteiger partial charge >= 0.3 is 0 Å². The van der Waals surface area contributed by atoms with E-state index in [1.54, 1.807) is 6.42 Å². The molecule has 2 aliphatic rings. The minimum Gasteiger partial charge on any atom is -0.313 e. The van der Waals surface area contributed by atoms with Crippen molar-refractivity contribution in [2.24, 2.45) is 17.8 Å². The molecule has 0 heterocycles. The summed E-state index contributed by atoms with van der Waals surface area (Å²) in [5, 5.41) is 3.58. The monoisotopic (exact) mass is 238 g/mol. The minimum absolute atomic E-state index is 0.684. The largest absolute Gasteiger partial charge is 0.313 e. The van der Waals surface area contributed by atoms with Crippen molar-refractivity contribution in [2.45, 2.75) is 52.0 Å². The SMILES string of the molecule is CCNC(CC)CN(C)CC1CC2CCC1C2. The van der Waals surface area contributed by atoms with E-state index in [2.05, 4.69) is 31.1 Å². The Labute approximate surface area is 107 Å². The molecule has 2 bridgehead atoms. The van der Waals surface area contributed by atoms with Crippen LogP contribution in [0.25, 0.3) is 0 Å². The minimum atomic E-state index is 0.684. The number of likely N-dealkylation sites (N-methyl/N-ethyl adjacent to an activating group) is 2. The molecule has 2 aliphatic carbocycles. The predicted octanol–water partition coefficient (Wildman–Crippen LogP) is 2.74. The summed E-state index contributed by atoms with van der Waals surface area (Å²) in [4.78, 5) is 2.57. The fourth-order valence-corrected chi connectivity index (χ4v) is 4.08. The molecule has 100 valence electrons. The lowest BCUT2D eigenvalue weighted by Gasteiger charge is -2.29. The molecule has 2 nitrogen and oxygen atoms in total. The number of hydrogen-bond donors (Lipinski definition) is 1. The maximum atomic E-state index is 3.58. The first kappa shape index (κ1) is 13.4. The summed E-state index contributed by atoms with van der Waals surface area (Å²) in [5.74, 6) is 3.17. The molecule has 0 spiro atoms. The summed E-state index contributed by atoms with van der Waals surface area (Å²) >= 11 is 0. The van der Waals surface area contributed by atoms with E-state index in [0.717, 1.165) is 24.3 Å². The molecule has 2 saturated carbocycles. The van der Waals surface area contributed by atoms with E-state index >= 15 is 0 Å². The molecule has 0 saturated heterocycles. The average Bonchev–Trinajstić information content (AvgIpc) is 2.90. The zero-order chi connectivity index (χ0) is 12.3. The van der Waals surface area contributed by atoms with Crippen LogP contribution in [0.3, 0.4) is 0 Å². The van der Waals surface area contributed by atoms with Gasteiger partial charge in [0.15, 0.2) is 0 Å². The highest BCUT2D eigenvalue weighted by Gasteiger charge is 2.39. The first-order chi connectivity index (χ1) is 8.22. The van der Waals surface area contributed by atoms with E-state index in [1.165, 1.54) is 38.8 Å². The molecule has 0 aliphatic heterocycles. The van der Waals surface area contributed by atoms with Crippen LogP contribution in [0.4, 0.5) is 0 Å². The summed E-state index contributed by atoms with van der Waals surface area (Å²) in [5.41, 5.74) is 0. The second-order valence-corrected chi connectivity index (χ2v) is 6.32. The van der Waals surface area contributed by atoms with Crippen molar-refractivity contribution < 1.29 is 0 Å². The summed E-state index contributed by atoms with van der Waals surface area (Å²) in [6, 6.07) is 0.684. The quantitative estimate of drug-likeness (QED) is 0.733. The first-order valence-electron chi connectivity index (χ1n) is 7.64. The molecule has 0 aromatic carbocycles. The van der Waals surface area contributed by atoms with Crippen molar-refractivity contribution in [3.63, 3.8) is 0 Å². The fraction of sp³-hybridized carbons (Fsp3) is 1.00. The normalized spacial score (nSPS) is 33.5. The Morgan fingerprint density at radius 3 is 2.59 bits per heavy atom. The standard InChI is InChI=1S/C15H30N2/c1-4-15(16-5-2)11-17(3)10-14-9-12-6-7-13(14)8-12/h12-16H,4-11H2,1-3H3. The second kappa shape index (κ2) is 6.19. The van der Waals surface area contributed by atoms with Gasteiger partial charge in [-0.3, -0.25) is 0 Å². The molecular weight excluding hydrogens is 208 g/mol. The number of hydrogen-bond acceptors (Lipinski definition) is 2. The average molecular weight is 238 g/mol. The van der Waals surface area contributed by atoms with E-state index < -0.39 is 0 Å². The van der Waals surface area contributed by atoms with Crippen LogP contribution < -0.4 is 5.32 Å². The lowest BCUT2D eigenvalue weighted by Crippen LogP contribution is -2.41. The molecule has 0 aromatic rings. The second-order valence-electron chi connectivity index (χ2n) is 6.32. The highest BCUT2D eigenvalue weighted by Crippen LogP contribution is 2.48. The van der Waals surface area contributed by atoms with Gasteiger partial charge in [-0.15, -0.1) is 0 Å². The lowest BCUT2D eigenvalue weighted by molar-refractivity contribution is 0.203. The molecule has 17 heavy (non-hydrogen) atoms. The zero-order valence-electron chi connectivity index (χ0n) is 11.9. The fourth-order valence-electron chi connectivity index (χ4n) is 4.08. The molecule has 2 rings (SSSR count). The van der Waals surface area contributed by atoms with Crippen LogP contribution in [-0.4, -0.2) is 37.6 Å². The Balaban J connectivity index is 1.71. The van der Waals surface area contributed by atoms with Crippen molar-refractivity contribution in [3.8, 4) is 0 Å². The van der Waals surface area contributed by atoms with Crippen molar-refractivity contribution in [2.75, 3.05) is 26.7 Å². The summed E-state index contributed by atoms with van der Waals surface area (Å²) < 4.78 is 0. The first-order valence-corrected chi connectivity index (χ1v) is 7.64. The molecule has 2 heteroatoms. The molecule has 1 N–H and O–H groups in total. The third-order valence-electron chi connectivity index (χ3n) is 4.95. The van der Waals surface area contributed by atoms with Crippen LogP contribution in [-0.2, 0) is 0 Å². The van der Waals surface area contributed by atoms with Crippen molar-refractivity contribution in [1.29, 1.82) is 0 Å². The molecule has 4 atom stereocenters. The third-order valence-corrected chi connectivity index (χ3v) is 4.95. The van der Waals surface area contributed by atoms with Gasteiger partial charge in [0, 0.05) is 19.1 Å². The van der Waals surface area contributed by atoms with Gasteiger partial charge in [0.1, 0.15) is 0 Å². The Morgan fingerprint density at radius 1 is 1.24 bits per heavy atom. The van der Waals surface area contributed by atoms with Crippen LogP contribution in [0.1, 0.15) is 46.0 Å². The van der Waals surface area contributed by atoms with Crippen molar-refractivity contribution in [1.82, 2.24) is 10.2 Å².